The lowest BCUT2D eigenvalue weighted by Gasteiger charge is -2.30. The number of nitrogens with zero attached hydrogens (tertiary/aromatic N) is 1. The zero-order valence-corrected chi connectivity index (χ0v) is 34.9. The molecule has 0 aliphatic carbocycles. The molecule has 2 atom stereocenters. The third-order valence-corrected chi connectivity index (χ3v) is 11.1. The number of amides is 1. The third kappa shape index (κ3) is 29.2. The second-order valence-corrected chi connectivity index (χ2v) is 16.1. The molecule has 1 aliphatic heterocycles. The number of ether oxygens (including phenoxy) is 2. The fourth-order valence-corrected chi connectivity index (χ4v) is 7.63. The smallest absolute Gasteiger partial charge is 0.306 e. The number of aliphatic hydroxyl groups is 1. The summed E-state index contributed by atoms with van der Waals surface area (Å²) >= 11 is 0. The van der Waals surface area contributed by atoms with Crippen LogP contribution in [0.3, 0.4) is 0 Å². The number of unbranched alkanes of at least 4 members (excludes halogenated alkanes) is 22. The summed E-state index contributed by atoms with van der Waals surface area (Å²) < 4.78 is 12.0. The minimum absolute atomic E-state index is 0.00839. The minimum Gasteiger partial charge on any atom is -0.462 e. The van der Waals surface area contributed by atoms with Crippen LogP contribution in [0, 0.1) is 0 Å². The zero-order valence-electron chi connectivity index (χ0n) is 34.9. The first kappa shape index (κ1) is 48.8. The summed E-state index contributed by atoms with van der Waals surface area (Å²) in [6.07, 6.45) is 37.3. The van der Waals surface area contributed by atoms with E-state index in [0.29, 0.717) is 19.6 Å². The standard InChI is InChI=1S/C45H88N2O5/c1-4-7-10-13-16-17-21-26-34-43-45(50)46-41(40-51-43)31-28-30-37-47(38-39-48)36-29-23-18-22-27-35-44(49)52-42(32-24-19-14-11-8-5-2)33-25-20-15-12-9-6-3/h41-43,48H,4-40H2,1-3H3,(H,46,50). The van der Waals surface area contributed by atoms with Crippen LogP contribution in [0.15, 0.2) is 0 Å². The topological polar surface area (TPSA) is 88.1 Å². The highest BCUT2D eigenvalue weighted by molar-refractivity contribution is 5.81. The number of morpholine rings is 1. The van der Waals surface area contributed by atoms with E-state index in [1.54, 1.807) is 0 Å². The van der Waals surface area contributed by atoms with Crippen LogP contribution in [-0.2, 0) is 19.1 Å². The molecular formula is C45H88N2O5. The van der Waals surface area contributed by atoms with Crippen molar-refractivity contribution >= 4 is 11.9 Å². The molecule has 1 saturated heterocycles. The van der Waals surface area contributed by atoms with Crippen molar-refractivity contribution in [2.75, 3.05) is 32.8 Å². The lowest BCUT2D eigenvalue weighted by Crippen LogP contribution is -2.50. The second kappa shape index (κ2) is 36.8. The number of nitrogens with one attached hydrogen (secondary N) is 1. The summed E-state index contributed by atoms with van der Waals surface area (Å²) in [6, 6.07) is 0.123. The maximum absolute atomic E-state index is 12.7. The highest BCUT2D eigenvalue weighted by Gasteiger charge is 2.27. The Morgan fingerprint density at radius 3 is 1.65 bits per heavy atom. The number of hydrogen-bond donors (Lipinski definition) is 2. The Morgan fingerprint density at radius 2 is 1.12 bits per heavy atom. The highest BCUT2D eigenvalue weighted by atomic mass is 16.5. The van der Waals surface area contributed by atoms with Crippen molar-refractivity contribution in [1.82, 2.24) is 10.2 Å². The Bertz CT molecular complexity index is 780. The van der Waals surface area contributed by atoms with Gasteiger partial charge in [0, 0.05) is 13.0 Å². The van der Waals surface area contributed by atoms with Crippen molar-refractivity contribution in [2.24, 2.45) is 0 Å². The molecular weight excluding hydrogens is 649 g/mol. The molecule has 1 heterocycles. The Kier molecular flexibility index (Phi) is 34.5. The van der Waals surface area contributed by atoms with E-state index in [9.17, 15) is 14.7 Å². The van der Waals surface area contributed by atoms with Gasteiger partial charge in [-0.15, -0.1) is 0 Å². The number of carbonyl (C=O) groups excluding carboxylic acids is 2. The molecule has 0 aromatic heterocycles. The molecule has 0 radical (unpaired) electrons. The van der Waals surface area contributed by atoms with Gasteiger partial charge in [0.25, 0.3) is 0 Å². The molecule has 0 spiro atoms. The molecule has 7 heteroatoms. The average molecular weight is 737 g/mol. The lowest BCUT2D eigenvalue weighted by atomic mass is 10.0. The van der Waals surface area contributed by atoms with Crippen LogP contribution in [0.5, 0.6) is 0 Å². The molecule has 7 nitrogen and oxygen atoms in total. The minimum atomic E-state index is -0.267. The summed E-state index contributed by atoms with van der Waals surface area (Å²) in [5, 5.41) is 12.8. The van der Waals surface area contributed by atoms with Gasteiger partial charge in [-0.05, 0) is 70.9 Å². The van der Waals surface area contributed by atoms with Gasteiger partial charge >= 0.3 is 5.97 Å². The molecule has 0 aromatic carbocycles. The SMILES string of the molecule is CCCCCCCCCCC1OCC(CCCCN(CCO)CCCCCCCC(=O)OC(CCCCCCCC)CCCCCCCC)NC1=O. The first-order chi connectivity index (χ1) is 25.5. The predicted molar refractivity (Wildman–Crippen MR) is 220 cm³/mol. The van der Waals surface area contributed by atoms with Crippen LogP contribution in [-0.4, -0.2) is 73.0 Å². The van der Waals surface area contributed by atoms with E-state index in [0.717, 1.165) is 90.1 Å². The van der Waals surface area contributed by atoms with Crippen molar-refractivity contribution in [3.8, 4) is 0 Å². The number of esters is 1. The molecule has 0 saturated carbocycles. The first-order valence-electron chi connectivity index (χ1n) is 23.0. The third-order valence-electron chi connectivity index (χ3n) is 11.1. The number of hydrogen-bond acceptors (Lipinski definition) is 6. The van der Waals surface area contributed by atoms with E-state index in [4.69, 9.17) is 9.47 Å². The van der Waals surface area contributed by atoms with Crippen molar-refractivity contribution in [3.05, 3.63) is 0 Å². The molecule has 2 unspecified atom stereocenters. The van der Waals surface area contributed by atoms with Gasteiger partial charge in [0.05, 0.1) is 19.3 Å². The quantitative estimate of drug-likeness (QED) is 0.0482. The van der Waals surface area contributed by atoms with E-state index in [1.165, 1.54) is 122 Å². The molecule has 1 amide bonds. The molecule has 1 fully saturated rings. The normalized spacial score (nSPS) is 16.2. The molecule has 308 valence electrons. The van der Waals surface area contributed by atoms with Gasteiger partial charge in [0.1, 0.15) is 12.2 Å². The Morgan fingerprint density at radius 1 is 0.654 bits per heavy atom. The zero-order chi connectivity index (χ0) is 37.7. The van der Waals surface area contributed by atoms with Gasteiger partial charge in [-0.1, -0.05) is 162 Å². The van der Waals surface area contributed by atoms with Crippen LogP contribution in [0.1, 0.15) is 226 Å². The summed E-state index contributed by atoms with van der Waals surface area (Å²) in [6.45, 7) is 10.3. The van der Waals surface area contributed by atoms with Gasteiger partial charge < -0.3 is 24.8 Å². The summed E-state index contributed by atoms with van der Waals surface area (Å²) in [5.41, 5.74) is 0. The Labute approximate surface area is 322 Å². The molecule has 1 rings (SSSR count). The van der Waals surface area contributed by atoms with Gasteiger partial charge in [0.2, 0.25) is 5.91 Å². The van der Waals surface area contributed by atoms with Gasteiger partial charge in [0.15, 0.2) is 0 Å². The van der Waals surface area contributed by atoms with Gasteiger partial charge in [-0.2, -0.15) is 0 Å². The first-order valence-corrected chi connectivity index (χ1v) is 23.0. The Hall–Kier alpha value is -1.18. The van der Waals surface area contributed by atoms with Crippen molar-refractivity contribution < 1.29 is 24.2 Å². The molecule has 0 aromatic rings. The fourth-order valence-electron chi connectivity index (χ4n) is 7.63. The summed E-state index contributed by atoms with van der Waals surface area (Å²) in [5.74, 6) is 0.0863. The van der Waals surface area contributed by atoms with Crippen molar-refractivity contribution in [2.45, 2.75) is 244 Å². The van der Waals surface area contributed by atoms with E-state index >= 15 is 0 Å². The van der Waals surface area contributed by atoms with Crippen LogP contribution in [0.2, 0.25) is 0 Å². The molecule has 2 N–H and O–H groups in total. The average Bonchev–Trinajstić information content (AvgIpc) is 3.14. The van der Waals surface area contributed by atoms with Crippen LogP contribution < -0.4 is 5.32 Å². The van der Waals surface area contributed by atoms with E-state index in [2.05, 4.69) is 31.0 Å². The number of aliphatic hydroxyl groups excluding tert-OH is 1. The lowest BCUT2D eigenvalue weighted by molar-refractivity contribution is -0.150. The number of rotatable bonds is 39. The van der Waals surface area contributed by atoms with Crippen LogP contribution >= 0.6 is 0 Å². The van der Waals surface area contributed by atoms with E-state index in [1.807, 2.05) is 0 Å². The molecule has 52 heavy (non-hydrogen) atoms. The second-order valence-electron chi connectivity index (χ2n) is 16.1. The van der Waals surface area contributed by atoms with Gasteiger partial charge in [-0.3, -0.25) is 9.59 Å². The maximum Gasteiger partial charge on any atom is 0.306 e. The van der Waals surface area contributed by atoms with E-state index < -0.39 is 0 Å². The monoisotopic (exact) mass is 737 g/mol. The summed E-state index contributed by atoms with van der Waals surface area (Å²) in [7, 11) is 0. The van der Waals surface area contributed by atoms with Crippen LogP contribution in [0.25, 0.3) is 0 Å². The highest BCUT2D eigenvalue weighted by Crippen LogP contribution is 2.19. The summed E-state index contributed by atoms with van der Waals surface area (Å²) in [4.78, 5) is 27.7. The number of carbonyl (C=O) groups is 2. The van der Waals surface area contributed by atoms with Crippen molar-refractivity contribution in [3.63, 3.8) is 0 Å². The predicted octanol–water partition coefficient (Wildman–Crippen LogP) is 11.6. The van der Waals surface area contributed by atoms with Gasteiger partial charge in [-0.25, -0.2) is 0 Å². The Balaban J connectivity index is 2.15. The van der Waals surface area contributed by atoms with Crippen molar-refractivity contribution in [1.29, 1.82) is 0 Å². The largest absolute Gasteiger partial charge is 0.462 e. The molecule has 0 bridgehead atoms. The van der Waals surface area contributed by atoms with Crippen LogP contribution in [0.4, 0.5) is 0 Å². The van der Waals surface area contributed by atoms with E-state index in [-0.39, 0.29) is 36.7 Å². The molecule has 1 aliphatic rings. The maximum atomic E-state index is 12.7. The fraction of sp³-hybridized carbons (Fsp3) is 0.956.